The molecule has 4 aliphatic rings. The molecule has 0 amide bonds. The van der Waals surface area contributed by atoms with E-state index in [4.69, 9.17) is 9.47 Å². The van der Waals surface area contributed by atoms with Crippen LogP contribution in [0.2, 0.25) is 0 Å². The van der Waals surface area contributed by atoms with E-state index in [0.717, 1.165) is 54.1 Å². The average Bonchev–Trinajstić information content (AvgIpc) is 2.64. The summed E-state index contributed by atoms with van der Waals surface area (Å²) >= 11 is 0. The minimum Gasteiger partial charge on any atom is -0.493 e. The maximum Gasteiger partial charge on any atom is 0.160 e. The fourth-order valence-corrected chi connectivity index (χ4v) is 6.59. The van der Waals surface area contributed by atoms with Crippen LogP contribution in [0, 0.1) is 29.6 Å². The van der Waals surface area contributed by atoms with Crippen LogP contribution < -0.4 is 9.47 Å². The van der Waals surface area contributed by atoms with Gasteiger partial charge in [-0.1, -0.05) is 6.07 Å². The number of hydrogen-bond donors (Lipinski definition) is 0. The third-order valence-corrected chi connectivity index (χ3v) is 7.75. The first kappa shape index (κ1) is 18.2. The summed E-state index contributed by atoms with van der Waals surface area (Å²) in [6, 6.07) is 7.02. The van der Waals surface area contributed by atoms with Gasteiger partial charge in [0.25, 0.3) is 0 Å². The highest BCUT2D eigenvalue weighted by Gasteiger charge is 2.50. The molecule has 0 heterocycles. The third-order valence-electron chi connectivity index (χ3n) is 7.75. The van der Waals surface area contributed by atoms with E-state index in [1.807, 2.05) is 6.07 Å². The predicted octanol–water partition coefficient (Wildman–Crippen LogP) is 4.64. The van der Waals surface area contributed by atoms with E-state index < -0.39 is 0 Å². The van der Waals surface area contributed by atoms with E-state index >= 15 is 0 Å². The molecule has 26 heavy (non-hydrogen) atoms. The van der Waals surface area contributed by atoms with Gasteiger partial charge < -0.3 is 14.4 Å². The summed E-state index contributed by atoms with van der Waals surface area (Å²) in [5, 5.41) is 0. The first-order valence-corrected chi connectivity index (χ1v) is 10.5. The van der Waals surface area contributed by atoms with Crippen LogP contribution in [0.1, 0.15) is 44.6 Å². The smallest absolute Gasteiger partial charge is 0.160 e. The van der Waals surface area contributed by atoms with Gasteiger partial charge in [0.2, 0.25) is 0 Å². The van der Waals surface area contributed by atoms with E-state index in [0.29, 0.717) is 6.04 Å². The number of methoxy groups -OCH3 is 2. The van der Waals surface area contributed by atoms with Gasteiger partial charge in [0, 0.05) is 12.6 Å². The molecule has 4 aliphatic carbocycles. The SMILES string of the molecule is COc1ccc(CCN(C)C(C)C2C3CC4CC(C3)CC2C4)cc1OC. The molecular formula is C23H35NO2. The van der Waals surface area contributed by atoms with Crippen LogP contribution in [-0.2, 0) is 6.42 Å². The summed E-state index contributed by atoms with van der Waals surface area (Å²) < 4.78 is 10.8. The standard InChI is InChI=1S/C23H35NO2/c1-15(23-19-10-17-9-18(12-19)13-20(23)11-17)24(2)8-7-16-5-6-21(25-3)22(14-16)26-4/h5-6,14-15,17-20,23H,7-13H2,1-4H3. The molecule has 5 rings (SSSR count). The van der Waals surface area contributed by atoms with Crippen molar-refractivity contribution < 1.29 is 9.47 Å². The van der Waals surface area contributed by atoms with E-state index in [9.17, 15) is 0 Å². The molecule has 4 fully saturated rings. The lowest BCUT2D eigenvalue weighted by atomic mass is 9.50. The molecule has 0 saturated heterocycles. The minimum absolute atomic E-state index is 0.699. The van der Waals surface area contributed by atoms with Crippen molar-refractivity contribution in [1.29, 1.82) is 0 Å². The summed E-state index contributed by atoms with van der Waals surface area (Å²) in [7, 11) is 5.73. The highest BCUT2D eigenvalue weighted by Crippen LogP contribution is 2.57. The van der Waals surface area contributed by atoms with Crippen molar-refractivity contribution in [2.24, 2.45) is 29.6 Å². The highest BCUT2D eigenvalue weighted by atomic mass is 16.5. The van der Waals surface area contributed by atoms with Gasteiger partial charge >= 0.3 is 0 Å². The van der Waals surface area contributed by atoms with Crippen molar-refractivity contribution in [2.45, 2.75) is 51.5 Å². The lowest BCUT2D eigenvalue weighted by Crippen LogP contribution is -2.52. The average molecular weight is 358 g/mol. The molecule has 1 aromatic carbocycles. The maximum atomic E-state index is 5.45. The maximum absolute atomic E-state index is 5.45. The van der Waals surface area contributed by atoms with Crippen LogP contribution in [-0.4, -0.2) is 38.8 Å². The molecule has 1 unspecified atom stereocenters. The molecule has 0 spiro atoms. The second kappa shape index (κ2) is 7.42. The molecule has 144 valence electrons. The number of benzene rings is 1. The van der Waals surface area contributed by atoms with Gasteiger partial charge in [-0.3, -0.25) is 0 Å². The summed E-state index contributed by atoms with van der Waals surface area (Å²) in [5.41, 5.74) is 1.33. The van der Waals surface area contributed by atoms with Crippen LogP contribution in [0.3, 0.4) is 0 Å². The van der Waals surface area contributed by atoms with Crippen LogP contribution in [0.15, 0.2) is 18.2 Å². The minimum atomic E-state index is 0.699. The second-order valence-corrected chi connectivity index (χ2v) is 9.17. The molecule has 3 nitrogen and oxygen atoms in total. The Morgan fingerprint density at radius 2 is 1.58 bits per heavy atom. The topological polar surface area (TPSA) is 21.7 Å². The Bertz CT molecular complexity index is 601. The molecule has 3 heteroatoms. The van der Waals surface area contributed by atoms with Crippen molar-refractivity contribution >= 4 is 0 Å². The Kier molecular flexibility index (Phi) is 5.18. The Morgan fingerprint density at radius 1 is 0.962 bits per heavy atom. The Labute approximate surface area is 159 Å². The van der Waals surface area contributed by atoms with E-state index in [-0.39, 0.29) is 0 Å². The Hall–Kier alpha value is -1.22. The van der Waals surface area contributed by atoms with Crippen molar-refractivity contribution in [2.75, 3.05) is 27.8 Å². The van der Waals surface area contributed by atoms with Crippen molar-refractivity contribution in [1.82, 2.24) is 4.90 Å². The first-order chi connectivity index (χ1) is 12.6. The number of hydrogen-bond acceptors (Lipinski definition) is 3. The lowest BCUT2D eigenvalue weighted by Gasteiger charge is -2.57. The highest BCUT2D eigenvalue weighted by molar-refractivity contribution is 5.42. The molecular weight excluding hydrogens is 322 g/mol. The first-order valence-electron chi connectivity index (χ1n) is 10.5. The van der Waals surface area contributed by atoms with Gasteiger partial charge in [0.15, 0.2) is 11.5 Å². The van der Waals surface area contributed by atoms with Crippen LogP contribution in [0.5, 0.6) is 11.5 Å². The second-order valence-electron chi connectivity index (χ2n) is 9.17. The quantitative estimate of drug-likeness (QED) is 0.710. The molecule has 4 saturated carbocycles. The summed E-state index contributed by atoms with van der Waals surface area (Å²) in [4.78, 5) is 2.61. The van der Waals surface area contributed by atoms with Crippen LogP contribution >= 0.6 is 0 Å². The number of rotatable bonds is 7. The molecule has 4 bridgehead atoms. The van der Waals surface area contributed by atoms with Gasteiger partial charge in [-0.15, -0.1) is 0 Å². The summed E-state index contributed by atoms with van der Waals surface area (Å²) in [5.74, 6) is 6.72. The molecule has 0 radical (unpaired) electrons. The fourth-order valence-electron chi connectivity index (χ4n) is 6.59. The zero-order valence-electron chi connectivity index (χ0n) is 16.9. The molecule has 1 aromatic rings. The summed E-state index contributed by atoms with van der Waals surface area (Å²) in [6.45, 7) is 3.60. The van der Waals surface area contributed by atoms with E-state index in [1.54, 1.807) is 20.6 Å². The van der Waals surface area contributed by atoms with Crippen molar-refractivity contribution in [3.05, 3.63) is 23.8 Å². The predicted molar refractivity (Wildman–Crippen MR) is 106 cm³/mol. The normalized spacial score (nSPS) is 33.5. The van der Waals surface area contributed by atoms with Gasteiger partial charge in [0.1, 0.15) is 0 Å². The number of nitrogens with zero attached hydrogens (tertiary/aromatic N) is 1. The zero-order valence-corrected chi connectivity index (χ0v) is 16.9. The number of likely N-dealkylation sites (N-methyl/N-ethyl adjacent to an activating group) is 1. The van der Waals surface area contributed by atoms with E-state index in [2.05, 4.69) is 31.0 Å². The molecule has 0 aromatic heterocycles. The van der Waals surface area contributed by atoms with Crippen LogP contribution in [0.4, 0.5) is 0 Å². The third kappa shape index (κ3) is 3.35. The number of ether oxygens (including phenoxy) is 2. The van der Waals surface area contributed by atoms with Crippen molar-refractivity contribution in [3.63, 3.8) is 0 Å². The van der Waals surface area contributed by atoms with Gasteiger partial charge in [-0.25, -0.2) is 0 Å². The van der Waals surface area contributed by atoms with Crippen LogP contribution in [0.25, 0.3) is 0 Å². The molecule has 0 N–H and O–H groups in total. The summed E-state index contributed by atoms with van der Waals surface area (Å²) in [6.07, 6.45) is 8.69. The fraction of sp³-hybridized carbons (Fsp3) is 0.739. The van der Waals surface area contributed by atoms with Crippen molar-refractivity contribution in [3.8, 4) is 11.5 Å². The molecule has 1 atom stereocenters. The Morgan fingerprint density at radius 3 is 2.15 bits per heavy atom. The van der Waals surface area contributed by atoms with Gasteiger partial charge in [-0.05, 0) is 99.8 Å². The van der Waals surface area contributed by atoms with E-state index in [1.165, 1.54) is 31.2 Å². The largest absolute Gasteiger partial charge is 0.493 e. The zero-order chi connectivity index (χ0) is 18.3. The molecule has 0 aliphatic heterocycles. The monoisotopic (exact) mass is 357 g/mol. The van der Waals surface area contributed by atoms with Gasteiger partial charge in [0.05, 0.1) is 14.2 Å². The van der Waals surface area contributed by atoms with Gasteiger partial charge in [-0.2, -0.15) is 0 Å². The lowest BCUT2D eigenvalue weighted by molar-refractivity contribution is -0.0666. The Balaban J connectivity index is 1.37.